The molecule has 1 aliphatic rings. The van der Waals surface area contributed by atoms with Crippen molar-refractivity contribution in [2.75, 3.05) is 13.2 Å². The summed E-state index contributed by atoms with van der Waals surface area (Å²) in [4.78, 5) is 1.42. The van der Waals surface area contributed by atoms with Crippen molar-refractivity contribution in [3.63, 3.8) is 0 Å². The molecule has 0 aliphatic carbocycles. The Morgan fingerprint density at radius 1 is 1.64 bits per heavy atom. The lowest BCUT2D eigenvalue weighted by molar-refractivity contribution is 0.357. The first-order chi connectivity index (χ1) is 5.42. The number of fused-ring (bicyclic) bond motifs is 1. The zero-order chi connectivity index (χ0) is 7.68. The third-order valence-electron chi connectivity index (χ3n) is 1.92. The summed E-state index contributed by atoms with van der Waals surface area (Å²) in [6.45, 7) is 1.60. The second-order valence-corrected chi connectivity index (χ2v) is 3.60. The summed E-state index contributed by atoms with van der Waals surface area (Å²) in [7, 11) is 0. The quantitative estimate of drug-likeness (QED) is 0.721. The average Bonchev–Trinajstić information content (AvgIpc) is 2.53. The van der Waals surface area contributed by atoms with Crippen molar-refractivity contribution in [2.45, 2.75) is 12.8 Å². The van der Waals surface area contributed by atoms with Crippen LogP contribution in [0.15, 0.2) is 5.38 Å². The minimum atomic E-state index is 0.743. The maximum Gasteiger partial charge on any atom is 0.133 e. The smallest absolute Gasteiger partial charge is 0.133 e. The highest BCUT2D eigenvalue weighted by Gasteiger charge is 2.17. The van der Waals surface area contributed by atoms with Crippen LogP contribution in [0, 0.1) is 0 Å². The van der Waals surface area contributed by atoms with Gasteiger partial charge in [0.2, 0.25) is 0 Å². The molecule has 60 valence electrons. The van der Waals surface area contributed by atoms with Gasteiger partial charge in [0, 0.05) is 22.2 Å². The molecule has 1 aromatic rings. The summed E-state index contributed by atoms with van der Waals surface area (Å²) in [5, 5.41) is 2.09. The van der Waals surface area contributed by atoms with Crippen molar-refractivity contribution in [3.8, 4) is 5.75 Å². The van der Waals surface area contributed by atoms with E-state index < -0.39 is 0 Å². The predicted octanol–water partition coefficient (Wildman–Crippen LogP) is 1.18. The lowest BCUT2D eigenvalue weighted by Gasteiger charge is -1.93. The monoisotopic (exact) mass is 169 g/mol. The number of rotatable bonds is 2. The molecule has 2 rings (SSSR count). The third-order valence-corrected chi connectivity index (χ3v) is 2.99. The Morgan fingerprint density at radius 2 is 2.55 bits per heavy atom. The van der Waals surface area contributed by atoms with Crippen molar-refractivity contribution >= 4 is 11.3 Å². The van der Waals surface area contributed by atoms with E-state index >= 15 is 0 Å². The molecule has 1 aliphatic heterocycles. The fraction of sp³-hybridized carbons (Fsp3) is 0.500. The second kappa shape index (κ2) is 2.83. The Hall–Kier alpha value is -0.540. The highest BCUT2D eigenvalue weighted by Crippen LogP contribution is 2.33. The maximum absolute atomic E-state index is 5.48. The van der Waals surface area contributed by atoms with E-state index in [0.29, 0.717) is 0 Å². The molecule has 0 amide bonds. The zero-order valence-electron chi connectivity index (χ0n) is 6.30. The Kier molecular flexibility index (Phi) is 1.84. The molecule has 0 radical (unpaired) electrons. The molecule has 2 nitrogen and oxygen atoms in total. The van der Waals surface area contributed by atoms with Gasteiger partial charge < -0.3 is 10.5 Å². The molecule has 1 aromatic heterocycles. The van der Waals surface area contributed by atoms with Crippen molar-refractivity contribution in [2.24, 2.45) is 5.73 Å². The van der Waals surface area contributed by atoms with Crippen LogP contribution in [0.1, 0.15) is 10.4 Å². The lowest BCUT2D eigenvalue weighted by atomic mass is 10.2. The molecular weight excluding hydrogens is 158 g/mol. The first kappa shape index (κ1) is 7.13. The maximum atomic E-state index is 5.48. The van der Waals surface area contributed by atoms with E-state index in [9.17, 15) is 0 Å². The van der Waals surface area contributed by atoms with Gasteiger partial charge in [0.1, 0.15) is 5.75 Å². The van der Waals surface area contributed by atoms with E-state index in [1.165, 1.54) is 10.4 Å². The minimum Gasteiger partial charge on any atom is -0.492 e. The topological polar surface area (TPSA) is 35.2 Å². The fourth-order valence-corrected chi connectivity index (χ4v) is 2.43. The van der Waals surface area contributed by atoms with Crippen molar-refractivity contribution in [1.82, 2.24) is 0 Å². The molecule has 0 saturated carbocycles. The third kappa shape index (κ3) is 1.14. The van der Waals surface area contributed by atoms with Gasteiger partial charge in [0.25, 0.3) is 0 Å². The summed E-state index contributed by atoms with van der Waals surface area (Å²) in [6.07, 6.45) is 2.08. The van der Waals surface area contributed by atoms with Gasteiger partial charge >= 0.3 is 0 Å². The van der Waals surface area contributed by atoms with E-state index in [2.05, 4.69) is 5.38 Å². The SMILES string of the molecule is NCCc1scc2c1CCO2. The van der Waals surface area contributed by atoms with Gasteiger partial charge in [0.15, 0.2) is 0 Å². The molecule has 2 heterocycles. The van der Waals surface area contributed by atoms with Crippen LogP contribution in [0.5, 0.6) is 5.75 Å². The van der Waals surface area contributed by atoms with E-state index in [1.807, 2.05) is 0 Å². The molecule has 0 aromatic carbocycles. The summed E-state index contributed by atoms with van der Waals surface area (Å²) in [5.74, 6) is 1.10. The molecule has 0 saturated heterocycles. The molecule has 2 N–H and O–H groups in total. The molecule has 11 heavy (non-hydrogen) atoms. The number of thiophene rings is 1. The van der Waals surface area contributed by atoms with Crippen molar-refractivity contribution in [3.05, 3.63) is 15.8 Å². The zero-order valence-corrected chi connectivity index (χ0v) is 7.12. The van der Waals surface area contributed by atoms with E-state index in [-0.39, 0.29) is 0 Å². The average molecular weight is 169 g/mol. The van der Waals surface area contributed by atoms with Gasteiger partial charge in [-0.3, -0.25) is 0 Å². The highest BCUT2D eigenvalue weighted by atomic mass is 32.1. The number of ether oxygens (including phenoxy) is 1. The predicted molar refractivity (Wildman–Crippen MR) is 46.3 cm³/mol. The van der Waals surface area contributed by atoms with Gasteiger partial charge in [-0.05, 0) is 13.0 Å². The Labute approximate surface area is 70.0 Å². The Balaban J connectivity index is 2.27. The van der Waals surface area contributed by atoms with Crippen LogP contribution in [0.3, 0.4) is 0 Å². The summed E-state index contributed by atoms with van der Waals surface area (Å²) in [6, 6.07) is 0. The van der Waals surface area contributed by atoms with E-state index in [1.54, 1.807) is 11.3 Å². The Bertz CT molecular complexity index is 257. The van der Waals surface area contributed by atoms with Gasteiger partial charge in [-0.1, -0.05) is 0 Å². The van der Waals surface area contributed by atoms with Crippen LogP contribution in [-0.2, 0) is 12.8 Å². The molecule has 0 fully saturated rings. The van der Waals surface area contributed by atoms with E-state index in [4.69, 9.17) is 10.5 Å². The van der Waals surface area contributed by atoms with Gasteiger partial charge in [0.05, 0.1) is 6.61 Å². The van der Waals surface area contributed by atoms with Crippen LogP contribution >= 0.6 is 11.3 Å². The highest BCUT2D eigenvalue weighted by molar-refractivity contribution is 7.10. The molecule has 0 bridgehead atoms. The molecule has 0 spiro atoms. The Morgan fingerprint density at radius 3 is 3.36 bits per heavy atom. The van der Waals surface area contributed by atoms with Crippen molar-refractivity contribution in [1.29, 1.82) is 0 Å². The van der Waals surface area contributed by atoms with Crippen LogP contribution in [0.2, 0.25) is 0 Å². The largest absolute Gasteiger partial charge is 0.492 e. The number of hydrogen-bond acceptors (Lipinski definition) is 3. The van der Waals surface area contributed by atoms with Gasteiger partial charge in [-0.15, -0.1) is 11.3 Å². The molecule has 3 heteroatoms. The molecule has 0 atom stereocenters. The number of nitrogens with two attached hydrogens (primary N) is 1. The van der Waals surface area contributed by atoms with Crippen molar-refractivity contribution < 1.29 is 4.74 Å². The standard InChI is InChI=1S/C8H11NOS/c9-3-1-8-6-2-4-10-7(6)5-11-8/h5H,1-4,9H2. The van der Waals surface area contributed by atoms with Gasteiger partial charge in [-0.2, -0.15) is 0 Å². The van der Waals surface area contributed by atoms with E-state index in [0.717, 1.165) is 31.7 Å². The van der Waals surface area contributed by atoms with Crippen LogP contribution < -0.4 is 10.5 Å². The summed E-state index contributed by atoms with van der Waals surface area (Å²) >= 11 is 1.77. The summed E-state index contributed by atoms with van der Waals surface area (Å²) in [5.41, 5.74) is 6.88. The summed E-state index contributed by atoms with van der Waals surface area (Å²) < 4.78 is 5.40. The first-order valence-corrected chi connectivity index (χ1v) is 4.72. The molecular formula is C8H11NOS. The van der Waals surface area contributed by atoms with Gasteiger partial charge in [-0.25, -0.2) is 0 Å². The second-order valence-electron chi connectivity index (χ2n) is 2.64. The van der Waals surface area contributed by atoms with Crippen LogP contribution in [0.25, 0.3) is 0 Å². The minimum absolute atomic E-state index is 0.743. The first-order valence-electron chi connectivity index (χ1n) is 3.84. The normalized spacial score (nSPS) is 14.6. The number of hydrogen-bond donors (Lipinski definition) is 1. The van der Waals surface area contributed by atoms with Crippen LogP contribution in [0.4, 0.5) is 0 Å². The molecule has 0 unspecified atom stereocenters. The fourth-order valence-electron chi connectivity index (χ4n) is 1.39. The van der Waals surface area contributed by atoms with Crippen LogP contribution in [-0.4, -0.2) is 13.2 Å². The lowest BCUT2D eigenvalue weighted by Crippen LogP contribution is -2.02.